The van der Waals surface area contributed by atoms with Crippen molar-refractivity contribution in [3.8, 4) is 5.88 Å². The summed E-state index contributed by atoms with van der Waals surface area (Å²) < 4.78 is 5.88. The Morgan fingerprint density at radius 3 is 2.33 bits per heavy atom. The number of rotatable bonds is 6. The van der Waals surface area contributed by atoms with Gasteiger partial charge in [0, 0.05) is 23.9 Å². The number of hydrogen-bond donors (Lipinski definition) is 0. The largest absolute Gasteiger partial charge is 0.473 e. The SMILES string of the molecule is c1ccc(CCN=C2CCCc3nc(OCc4ccccc4)ccc32)cc1. The molecule has 3 heteroatoms. The molecule has 0 N–H and O–H groups in total. The fourth-order valence-electron chi connectivity index (χ4n) is 3.43. The zero-order chi connectivity index (χ0) is 18.3. The fraction of sp³-hybridized carbons (Fsp3) is 0.250. The molecule has 2 aromatic carbocycles. The van der Waals surface area contributed by atoms with Crippen molar-refractivity contribution in [3.05, 3.63) is 95.2 Å². The van der Waals surface area contributed by atoms with E-state index in [4.69, 9.17) is 14.7 Å². The monoisotopic (exact) mass is 356 g/mol. The molecule has 3 aromatic rings. The maximum Gasteiger partial charge on any atom is 0.213 e. The number of fused-ring (bicyclic) bond motifs is 1. The van der Waals surface area contributed by atoms with Crippen LogP contribution in [0.15, 0.2) is 77.8 Å². The molecule has 0 bridgehead atoms. The number of ether oxygens (including phenoxy) is 1. The lowest BCUT2D eigenvalue weighted by Crippen LogP contribution is -2.15. The molecule has 3 nitrogen and oxygen atoms in total. The summed E-state index contributed by atoms with van der Waals surface area (Å²) in [6.07, 6.45) is 4.11. The molecule has 0 fully saturated rings. The van der Waals surface area contributed by atoms with E-state index in [0.717, 1.165) is 43.5 Å². The van der Waals surface area contributed by atoms with Gasteiger partial charge in [0.2, 0.25) is 5.88 Å². The average molecular weight is 356 g/mol. The molecule has 0 radical (unpaired) electrons. The molecule has 0 saturated heterocycles. The van der Waals surface area contributed by atoms with Gasteiger partial charge in [0.05, 0.1) is 5.69 Å². The van der Waals surface area contributed by atoms with Crippen LogP contribution in [0.2, 0.25) is 0 Å². The van der Waals surface area contributed by atoms with E-state index >= 15 is 0 Å². The van der Waals surface area contributed by atoms with E-state index in [2.05, 4.69) is 48.5 Å². The van der Waals surface area contributed by atoms with Crippen molar-refractivity contribution in [1.29, 1.82) is 0 Å². The molecule has 27 heavy (non-hydrogen) atoms. The minimum atomic E-state index is 0.546. The summed E-state index contributed by atoms with van der Waals surface area (Å²) in [7, 11) is 0. The minimum Gasteiger partial charge on any atom is -0.473 e. The van der Waals surface area contributed by atoms with E-state index in [1.807, 2.05) is 24.3 Å². The number of nitrogens with zero attached hydrogens (tertiary/aromatic N) is 2. The first-order valence-corrected chi connectivity index (χ1v) is 9.63. The summed E-state index contributed by atoms with van der Waals surface area (Å²) in [5.74, 6) is 0.697. The molecular formula is C24H24N2O. The topological polar surface area (TPSA) is 34.5 Å². The van der Waals surface area contributed by atoms with Gasteiger partial charge in [0.1, 0.15) is 6.61 Å². The van der Waals surface area contributed by atoms with E-state index in [1.165, 1.54) is 16.8 Å². The van der Waals surface area contributed by atoms with Crippen LogP contribution >= 0.6 is 0 Å². The third kappa shape index (κ3) is 4.62. The molecular weight excluding hydrogens is 332 g/mol. The Morgan fingerprint density at radius 2 is 1.56 bits per heavy atom. The number of pyridine rings is 1. The van der Waals surface area contributed by atoms with Crippen molar-refractivity contribution in [2.75, 3.05) is 6.54 Å². The highest BCUT2D eigenvalue weighted by atomic mass is 16.5. The van der Waals surface area contributed by atoms with Crippen molar-refractivity contribution in [2.24, 2.45) is 4.99 Å². The summed E-state index contributed by atoms with van der Waals surface area (Å²) >= 11 is 0. The van der Waals surface area contributed by atoms with Crippen LogP contribution < -0.4 is 4.74 Å². The summed E-state index contributed by atoms with van der Waals surface area (Å²) in [5.41, 5.74) is 5.99. The van der Waals surface area contributed by atoms with Gasteiger partial charge in [-0.3, -0.25) is 4.99 Å². The highest BCUT2D eigenvalue weighted by molar-refractivity contribution is 6.02. The van der Waals surface area contributed by atoms with E-state index in [-0.39, 0.29) is 0 Å². The highest BCUT2D eigenvalue weighted by Gasteiger charge is 2.17. The average Bonchev–Trinajstić information content (AvgIpc) is 2.74. The summed E-state index contributed by atoms with van der Waals surface area (Å²) in [4.78, 5) is 9.62. The van der Waals surface area contributed by atoms with Gasteiger partial charge in [0.25, 0.3) is 0 Å². The Hall–Kier alpha value is -2.94. The van der Waals surface area contributed by atoms with Gasteiger partial charge >= 0.3 is 0 Å². The van der Waals surface area contributed by atoms with Crippen LogP contribution in [0, 0.1) is 0 Å². The highest BCUT2D eigenvalue weighted by Crippen LogP contribution is 2.23. The third-order valence-corrected chi connectivity index (χ3v) is 4.86. The van der Waals surface area contributed by atoms with Crippen LogP contribution in [0.1, 0.15) is 35.2 Å². The molecule has 0 amide bonds. The van der Waals surface area contributed by atoms with Crippen molar-refractivity contribution in [2.45, 2.75) is 32.3 Å². The van der Waals surface area contributed by atoms with Crippen LogP contribution in [-0.2, 0) is 19.4 Å². The van der Waals surface area contributed by atoms with E-state index in [0.29, 0.717) is 12.5 Å². The number of hydrogen-bond acceptors (Lipinski definition) is 3. The maximum atomic E-state index is 5.88. The number of benzene rings is 2. The molecule has 0 spiro atoms. The van der Waals surface area contributed by atoms with Crippen molar-refractivity contribution in [1.82, 2.24) is 4.98 Å². The molecule has 0 saturated carbocycles. The quantitative estimate of drug-likeness (QED) is 0.621. The van der Waals surface area contributed by atoms with Crippen LogP contribution in [-0.4, -0.2) is 17.2 Å². The molecule has 0 aliphatic heterocycles. The summed E-state index contributed by atoms with van der Waals surface area (Å²) in [6, 6.07) is 24.8. The first-order chi connectivity index (χ1) is 13.4. The van der Waals surface area contributed by atoms with Gasteiger partial charge in [-0.1, -0.05) is 60.7 Å². The minimum absolute atomic E-state index is 0.546. The predicted molar refractivity (Wildman–Crippen MR) is 109 cm³/mol. The van der Waals surface area contributed by atoms with Crippen molar-refractivity contribution < 1.29 is 4.74 Å². The van der Waals surface area contributed by atoms with Crippen molar-refractivity contribution in [3.63, 3.8) is 0 Å². The van der Waals surface area contributed by atoms with Gasteiger partial charge < -0.3 is 4.74 Å². The van der Waals surface area contributed by atoms with Crippen LogP contribution in [0.5, 0.6) is 5.88 Å². The van der Waals surface area contributed by atoms with E-state index in [1.54, 1.807) is 0 Å². The van der Waals surface area contributed by atoms with Crippen LogP contribution in [0.3, 0.4) is 0 Å². The van der Waals surface area contributed by atoms with Crippen LogP contribution in [0.25, 0.3) is 0 Å². The lowest BCUT2D eigenvalue weighted by molar-refractivity contribution is 0.293. The van der Waals surface area contributed by atoms with Crippen LogP contribution in [0.4, 0.5) is 0 Å². The van der Waals surface area contributed by atoms with Gasteiger partial charge in [-0.25, -0.2) is 4.98 Å². The molecule has 0 unspecified atom stereocenters. The normalized spacial score (nSPS) is 14.7. The van der Waals surface area contributed by atoms with Gasteiger partial charge in [0.15, 0.2) is 0 Å². The Kier molecular flexibility index (Phi) is 5.58. The second kappa shape index (κ2) is 8.63. The van der Waals surface area contributed by atoms with E-state index in [9.17, 15) is 0 Å². The zero-order valence-electron chi connectivity index (χ0n) is 15.5. The predicted octanol–water partition coefficient (Wildman–Crippen LogP) is 5.03. The Bertz CT molecular complexity index is 904. The lowest BCUT2D eigenvalue weighted by atomic mass is 9.94. The number of aliphatic imine (C=N–C) groups is 1. The summed E-state index contributed by atoms with van der Waals surface area (Å²) in [5, 5.41) is 0. The number of aryl methyl sites for hydroxylation is 1. The molecule has 1 aromatic heterocycles. The fourth-order valence-corrected chi connectivity index (χ4v) is 3.43. The van der Waals surface area contributed by atoms with Gasteiger partial charge in [-0.2, -0.15) is 0 Å². The van der Waals surface area contributed by atoms with Crippen molar-refractivity contribution >= 4 is 5.71 Å². The van der Waals surface area contributed by atoms with Gasteiger partial charge in [-0.15, -0.1) is 0 Å². The molecule has 0 atom stereocenters. The Morgan fingerprint density at radius 1 is 0.815 bits per heavy atom. The molecule has 1 aliphatic rings. The maximum absolute atomic E-state index is 5.88. The Labute approximate surface area is 160 Å². The molecule has 1 aliphatic carbocycles. The first kappa shape index (κ1) is 17.5. The van der Waals surface area contributed by atoms with Gasteiger partial charge in [-0.05, 0) is 42.9 Å². The lowest BCUT2D eigenvalue weighted by Gasteiger charge is -2.18. The second-order valence-corrected chi connectivity index (χ2v) is 6.84. The number of aromatic nitrogens is 1. The standard InChI is InChI=1S/C24H24N2O/c1-3-8-19(9-4-1)16-17-25-22-12-7-13-23-21(22)14-15-24(26-23)27-18-20-10-5-2-6-11-20/h1-6,8-11,14-15H,7,12-13,16-18H2. The molecule has 136 valence electrons. The molecule has 1 heterocycles. The zero-order valence-corrected chi connectivity index (χ0v) is 15.5. The molecule has 4 rings (SSSR count). The smallest absolute Gasteiger partial charge is 0.213 e. The first-order valence-electron chi connectivity index (χ1n) is 9.63. The second-order valence-electron chi connectivity index (χ2n) is 6.84. The Balaban J connectivity index is 1.42. The van der Waals surface area contributed by atoms with E-state index < -0.39 is 0 Å². The third-order valence-electron chi connectivity index (χ3n) is 4.86. The summed E-state index contributed by atoms with van der Waals surface area (Å²) in [6.45, 7) is 1.37.